The van der Waals surface area contributed by atoms with E-state index in [1.807, 2.05) is 36.4 Å². The van der Waals surface area contributed by atoms with Gasteiger partial charge in [-0.25, -0.2) is 0 Å². The molecule has 0 saturated heterocycles. The molecule has 0 fully saturated rings. The van der Waals surface area contributed by atoms with Crippen molar-refractivity contribution in [2.45, 2.75) is 116 Å². The van der Waals surface area contributed by atoms with Crippen LogP contribution in [-0.2, 0) is 17.6 Å². The number of rotatable bonds is 19. The summed E-state index contributed by atoms with van der Waals surface area (Å²) < 4.78 is 0. The Balaban J connectivity index is 1.56. The lowest BCUT2D eigenvalue weighted by atomic mass is 9.99. The largest absolute Gasteiger partial charge is 0.342 e. The van der Waals surface area contributed by atoms with Gasteiger partial charge in [-0.3, -0.25) is 4.79 Å². The van der Waals surface area contributed by atoms with Gasteiger partial charge in [-0.1, -0.05) is 143 Å². The zero-order chi connectivity index (χ0) is 26.2. The molecule has 2 aromatic rings. The predicted molar refractivity (Wildman–Crippen MR) is 159 cm³/mol. The summed E-state index contributed by atoms with van der Waals surface area (Å²) in [6.45, 7) is 2.28. The number of carbonyl (C=O) groups excluding carboxylic acids is 1. The third kappa shape index (κ3) is 16.6. The predicted octanol–water partition coefficient (Wildman–Crippen LogP) is 9.00. The molecule has 1 amide bonds. The fraction of sp³-hybridized carbons (Fsp3) is 0.514. The first kappa shape index (κ1) is 30.4. The Morgan fingerprint density at radius 3 is 1.73 bits per heavy atom. The molecule has 0 aliphatic carbocycles. The van der Waals surface area contributed by atoms with Gasteiger partial charge in [0.15, 0.2) is 0 Å². The van der Waals surface area contributed by atoms with Crippen LogP contribution in [0.4, 0.5) is 0 Å². The highest BCUT2D eigenvalue weighted by Crippen LogP contribution is 2.12. The highest BCUT2D eigenvalue weighted by Gasteiger charge is 2.13. The average molecular weight is 500 g/mol. The molecule has 0 radical (unpaired) electrons. The molecule has 0 aliphatic rings. The SMILES string of the molecule is CCCCCCCCCCCC/C=C\CCCC#CC(=O)NC(Cc1ccccc1)Cc1ccccc1. The zero-order valence-corrected chi connectivity index (χ0v) is 23.2. The molecule has 0 aliphatic heterocycles. The van der Waals surface area contributed by atoms with Crippen molar-refractivity contribution < 1.29 is 4.79 Å². The maximum atomic E-state index is 12.5. The minimum atomic E-state index is -0.173. The Hall–Kier alpha value is -2.79. The van der Waals surface area contributed by atoms with Crippen molar-refractivity contribution in [3.63, 3.8) is 0 Å². The minimum Gasteiger partial charge on any atom is -0.342 e. The van der Waals surface area contributed by atoms with Gasteiger partial charge in [-0.05, 0) is 55.6 Å². The molecule has 0 unspecified atom stereocenters. The number of hydrogen-bond donors (Lipinski definition) is 1. The molecule has 0 heterocycles. The van der Waals surface area contributed by atoms with E-state index in [1.165, 1.54) is 81.8 Å². The molecule has 0 aromatic heterocycles. The van der Waals surface area contributed by atoms with Crippen molar-refractivity contribution >= 4 is 5.91 Å². The summed E-state index contributed by atoms with van der Waals surface area (Å²) in [5.41, 5.74) is 2.45. The summed E-state index contributed by atoms with van der Waals surface area (Å²) in [5.74, 6) is 5.71. The van der Waals surface area contributed by atoms with Crippen molar-refractivity contribution in [3.05, 3.63) is 83.9 Å². The molecule has 1 N–H and O–H groups in total. The Morgan fingerprint density at radius 1 is 0.703 bits per heavy atom. The van der Waals surface area contributed by atoms with Crippen LogP contribution in [0.2, 0.25) is 0 Å². The molecule has 2 aromatic carbocycles. The van der Waals surface area contributed by atoms with Crippen LogP contribution < -0.4 is 5.32 Å². The quantitative estimate of drug-likeness (QED) is 0.117. The van der Waals surface area contributed by atoms with Gasteiger partial charge in [-0.15, -0.1) is 0 Å². The van der Waals surface area contributed by atoms with Crippen LogP contribution in [0.15, 0.2) is 72.8 Å². The van der Waals surface area contributed by atoms with Crippen LogP contribution in [0.1, 0.15) is 108 Å². The summed E-state index contributed by atoms with van der Waals surface area (Å²) in [6, 6.07) is 20.7. The first-order valence-corrected chi connectivity index (χ1v) is 14.8. The van der Waals surface area contributed by atoms with Crippen LogP contribution in [-0.4, -0.2) is 11.9 Å². The summed E-state index contributed by atoms with van der Waals surface area (Å²) in [7, 11) is 0. The van der Waals surface area contributed by atoms with Crippen molar-refractivity contribution in [3.8, 4) is 11.8 Å². The molecule has 37 heavy (non-hydrogen) atoms. The van der Waals surface area contributed by atoms with E-state index < -0.39 is 0 Å². The second-order valence-electron chi connectivity index (χ2n) is 10.2. The van der Waals surface area contributed by atoms with E-state index >= 15 is 0 Å². The topological polar surface area (TPSA) is 29.1 Å². The molecule has 0 bridgehead atoms. The van der Waals surface area contributed by atoms with E-state index in [-0.39, 0.29) is 11.9 Å². The smallest absolute Gasteiger partial charge is 0.296 e. The normalized spacial score (nSPS) is 11.0. The minimum absolute atomic E-state index is 0.0281. The third-order valence-corrected chi connectivity index (χ3v) is 6.75. The Bertz CT molecular complexity index is 865. The van der Waals surface area contributed by atoms with E-state index in [2.05, 4.69) is 60.5 Å². The van der Waals surface area contributed by atoms with Crippen LogP contribution in [0.5, 0.6) is 0 Å². The Labute approximate surface area is 227 Å². The lowest BCUT2D eigenvalue weighted by Crippen LogP contribution is -2.37. The lowest BCUT2D eigenvalue weighted by Gasteiger charge is -2.17. The van der Waals surface area contributed by atoms with Gasteiger partial charge in [0.2, 0.25) is 0 Å². The molecule has 200 valence electrons. The van der Waals surface area contributed by atoms with Crippen molar-refractivity contribution in [1.29, 1.82) is 0 Å². The van der Waals surface area contributed by atoms with E-state index in [0.29, 0.717) is 0 Å². The highest BCUT2D eigenvalue weighted by atomic mass is 16.1. The number of nitrogens with one attached hydrogen (secondary N) is 1. The third-order valence-electron chi connectivity index (χ3n) is 6.75. The van der Waals surface area contributed by atoms with Crippen molar-refractivity contribution in [1.82, 2.24) is 5.32 Å². The van der Waals surface area contributed by atoms with Gasteiger partial charge >= 0.3 is 0 Å². The number of unbranched alkanes of at least 4 members (excludes halogenated alkanes) is 12. The fourth-order valence-electron chi connectivity index (χ4n) is 4.63. The molecular weight excluding hydrogens is 450 g/mol. The number of hydrogen-bond acceptors (Lipinski definition) is 1. The summed E-state index contributed by atoms with van der Waals surface area (Å²) in [5, 5.41) is 3.14. The summed E-state index contributed by atoms with van der Waals surface area (Å²) in [6.07, 6.45) is 24.1. The van der Waals surface area contributed by atoms with Crippen LogP contribution in [0, 0.1) is 11.8 Å². The summed E-state index contributed by atoms with van der Waals surface area (Å²) in [4.78, 5) is 12.5. The molecule has 2 rings (SSSR count). The number of amides is 1. The molecule has 0 saturated carbocycles. The van der Waals surface area contributed by atoms with E-state index in [9.17, 15) is 4.79 Å². The van der Waals surface area contributed by atoms with Gasteiger partial charge in [0.1, 0.15) is 0 Å². The molecule has 2 heteroatoms. The first-order valence-electron chi connectivity index (χ1n) is 14.8. The maximum absolute atomic E-state index is 12.5. The second kappa shape index (κ2) is 21.3. The standard InChI is InChI=1S/C35H49NO/c1-2-3-4-5-6-7-8-9-10-11-12-13-14-15-16-17-24-29-35(37)36-34(30-32-25-20-18-21-26-32)31-33-27-22-19-23-28-33/h13-14,18-23,25-28,34H,2-12,15-17,30-31H2,1H3,(H,36,37)/b14-13-. The molecular formula is C35H49NO. The molecule has 0 spiro atoms. The summed E-state index contributed by atoms with van der Waals surface area (Å²) >= 11 is 0. The Kier molecular flexibility index (Phi) is 17.5. The van der Waals surface area contributed by atoms with Crippen LogP contribution in [0.3, 0.4) is 0 Å². The van der Waals surface area contributed by atoms with E-state index in [1.54, 1.807) is 0 Å². The van der Waals surface area contributed by atoms with Gasteiger partial charge in [0.05, 0.1) is 0 Å². The van der Waals surface area contributed by atoms with E-state index in [0.717, 1.165) is 32.1 Å². The van der Waals surface area contributed by atoms with Crippen molar-refractivity contribution in [2.75, 3.05) is 0 Å². The Morgan fingerprint density at radius 2 is 1.19 bits per heavy atom. The molecule has 2 nitrogen and oxygen atoms in total. The van der Waals surface area contributed by atoms with Crippen LogP contribution >= 0.6 is 0 Å². The highest BCUT2D eigenvalue weighted by molar-refractivity contribution is 5.93. The molecule has 0 atom stereocenters. The number of carbonyl (C=O) groups is 1. The van der Waals surface area contributed by atoms with Gasteiger partial charge < -0.3 is 5.32 Å². The number of benzene rings is 2. The number of allylic oxidation sites excluding steroid dienone is 2. The monoisotopic (exact) mass is 499 g/mol. The van der Waals surface area contributed by atoms with Crippen LogP contribution in [0.25, 0.3) is 0 Å². The second-order valence-corrected chi connectivity index (χ2v) is 10.2. The average Bonchev–Trinajstić information content (AvgIpc) is 2.91. The van der Waals surface area contributed by atoms with Gasteiger partial charge in [-0.2, -0.15) is 0 Å². The lowest BCUT2D eigenvalue weighted by molar-refractivity contribution is -0.116. The first-order chi connectivity index (χ1) is 18.3. The van der Waals surface area contributed by atoms with E-state index in [4.69, 9.17) is 0 Å². The van der Waals surface area contributed by atoms with Crippen molar-refractivity contribution in [2.24, 2.45) is 0 Å². The van der Waals surface area contributed by atoms with Gasteiger partial charge in [0, 0.05) is 12.5 Å². The zero-order valence-electron chi connectivity index (χ0n) is 23.2. The van der Waals surface area contributed by atoms with Gasteiger partial charge in [0.25, 0.3) is 5.91 Å². The maximum Gasteiger partial charge on any atom is 0.296 e. The fourth-order valence-corrected chi connectivity index (χ4v) is 4.63.